The lowest BCUT2D eigenvalue weighted by Gasteiger charge is -2.51. The van der Waals surface area contributed by atoms with Crippen molar-refractivity contribution < 1.29 is 4.42 Å². The molecule has 0 saturated carbocycles. The van der Waals surface area contributed by atoms with Crippen LogP contribution in [0.15, 0.2) is 168 Å². The molecule has 0 radical (unpaired) electrons. The van der Waals surface area contributed by atoms with E-state index in [1.807, 2.05) is 0 Å². The van der Waals surface area contributed by atoms with Gasteiger partial charge in [0.05, 0.1) is 5.69 Å². The standard InChI is InChI=1S/C80H80BN3O/c1-12-14-21-49-27-30-52(31-28-49)82(51-23-17-16-18-24-51)53-33-35-67-70(43-53)83-68-36-29-50(22-15-13-2)41-66(68)80(11)61-26-20-19-25-55(61)59-45-60-56-44-57-58-46-64-65(79(9,10)40-39-78(64,7)8)47-71(58)85-72(57)48-69(56)84(81(67)74(60)75(83)73(59)80)54-32-34-62-63(42-54)77(5,6)38-37-76(62,3)4/h16-20,23-36,41-48H,12-15,21-22,37-40H2,1-11H3. The number of nitrogens with zero attached hydrogens (tertiary/aromatic N) is 3. The maximum absolute atomic E-state index is 7.30. The first-order valence-electron chi connectivity index (χ1n) is 32.2. The molecule has 0 fully saturated rings. The van der Waals surface area contributed by atoms with Crippen molar-refractivity contribution in [2.45, 2.75) is 167 Å². The summed E-state index contributed by atoms with van der Waals surface area (Å²) >= 11 is 0. The first-order valence-corrected chi connectivity index (χ1v) is 32.2. The van der Waals surface area contributed by atoms with Gasteiger partial charge in [0.25, 0.3) is 0 Å². The molecular formula is C80H80BN3O. The van der Waals surface area contributed by atoms with Crippen molar-refractivity contribution >= 4 is 85.2 Å². The molecule has 1 unspecified atom stereocenters. The number of para-hydroxylation sites is 1. The molecule has 10 aromatic rings. The lowest BCUT2D eigenvalue weighted by molar-refractivity contribution is 0.332. The van der Waals surface area contributed by atoms with Crippen LogP contribution in [0.2, 0.25) is 0 Å². The van der Waals surface area contributed by atoms with Gasteiger partial charge in [-0.3, -0.25) is 0 Å². The number of benzene rings is 9. The van der Waals surface area contributed by atoms with Crippen molar-refractivity contribution in [2.75, 3.05) is 14.6 Å². The van der Waals surface area contributed by atoms with Gasteiger partial charge in [0.15, 0.2) is 0 Å². The zero-order valence-electron chi connectivity index (χ0n) is 52.0. The monoisotopic (exact) mass is 1110 g/mol. The average molecular weight is 1110 g/mol. The van der Waals surface area contributed by atoms with E-state index in [2.05, 4.69) is 255 Å². The quantitative estimate of drug-likeness (QED) is 0.127. The molecule has 3 aliphatic carbocycles. The number of unbranched alkanes of at least 4 members (excludes halogenated alkanes) is 2. The number of anilines is 8. The molecule has 424 valence electrons. The fourth-order valence-corrected chi connectivity index (χ4v) is 17.0. The molecule has 5 heteroatoms. The van der Waals surface area contributed by atoms with Gasteiger partial charge >= 0.3 is 6.85 Å². The molecule has 0 spiro atoms. The third kappa shape index (κ3) is 7.53. The van der Waals surface area contributed by atoms with Gasteiger partial charge in [0.1, 0.15) is 11.2 Å². The molecular weight excluding hydrogens is 1030 g/mol. The molecule has 1 aromatic heterocycles. The van der Waals surface area contributed by atoms with E-state index in [0.29, 0.717) is 0 Å². The summed E-state index contributed by atoms with van der Waals surface area (Å²) in [5.41, 5.74) is 32.2. The third-order valence-corrected chi connectivity index (χ3v) is 22.1. The average Bonchev–Trinajstić information content (AvgIpc) is 1.63. The van der Waals surface area contributed by atoms with Crippen LogP contribution in [0.1, 0.15) is 178 Å². The Morgan fingerprint density at radius 3 is 1.79 bits per heavy atom. The Balaban J connectivity index is 1.03. The molecule has 16 rings (SSSR count). The molecule has 85 heavy (non-hydrogen) atoms. The van der Waals surface area contributed by atoms with E-state index >= 15 is 0 Å². The number of fused-ring (bicyclic) bond motifs is 16. The second-order valence-electron chi connectivity index (χ2n) is 29.2. The molecule has 1 atom stereocenters. The van der Waals surface area contributed by atoms with Crippen LogP contribution >= 0.6 is 0 Å². The summed E-state index contributed by atoms with van der Waals surface area (Å²) in [6.45, 7) is 26.6. The van der Waals surface area contributed by atoms with E-state index in [9.17, 15) is 0 Å². The van der Waals surface area contributed by atoms with Crippen LogP contribution in [-0.4, -0.2) is 6.85 Å². The Bertz CT molecular complexity index is 4440. The van der Waals surface area contributed by atoms with E-state index in [-0.39, 0.29) is 28.5 Å². The molecule has 9 aromatic carbocycles. The van der Waals surface area contributed by atoms with Gasteiger partial charge in [0, 0.05) is 67.6 Å². The zero-order valence-corrected chi connectivity index (χ0v) is 52.0. The number of hydrogen-bond acceptors (Lipinski definition) is 4. The lowest BCUT2D eigenvalue weighted by atomic mass is 9.42. The van der Waals surface area contributed by atoms with Gasteiger partial charge in [-0.25, -0.2) is 0 Å². The second kappa shape index (κ2) is 18.4. The van der Waals surface area contributed by atoms with E-state index in [1.165, 1.54) is 142 Å². The second-order valence-corrected chi connectivity index (χ2v) is 29.2. The summed E-state index contributed by atoms with van der Waals surface area (Å²) in [6, 6.07) is 65.1. The summed E-state index contributed by atoms with van der Waals surface area (Å²) in [6.07, 6.45) is 11.5. The van der Waals surface area contributed by atoms with Gasteiger partial charge in [-0.1, -0.05) is 161 Å². The van der Waals surface area contributed by atoms with E-state index < -0.39 is 5.41 Å². The Hall–Kier alpha value is -7.76. The van der Waals surface area contributed by atoms with Gasteiger partial charge in [0.2, 0.25) is 0 Å². The van der Waals surface area contributed by atoms with Gasteiger partial charge in [-0.2, -0.15) is 0 Å². The van der Waals surface area contributed by atoms with Crippen molar-refractivity contribution in [3.05, 3.63) is 214 Å². The van der Waals surface area contributed by atoms with Crippen LogP contribution < -0.4 is 25.5 Å². The molecule has 0 saturated heterocycles. The van der Waals surface area contributed by atoms with Crippen LogP contribution in [0.25, 0.3) is 44.2 Å². The predicted molar refractivity (Wildman–Crippen MR) is 361 cm³/mol. The SMILES string of the molecule is CCCCc1ccc(N(c2ccccc2)c2ccc3c(c2)N2c4ccc(CCCC)cc4C4(C)c5ccccc5-c5cc6c(c2c54)B3N(c2ccc3c(c2)C(C)(C)CCC3(C)C)c2cc3oc4cc5c(cc4c3cc2-6)C(C)(C)CCC5(C)C)cc1. The van der Waals surface area contributed by atoms with Gasteiger partial charge in [-0.05, 0) is 237 Å². The minimum absolute atomic E-state index is 0.00607. The van der Waals surface area contributed by atoms with Crippen LogP contribution in [-0.2, 0) is 39.9 Å². The van der Waals surface area contributed by atoms with Gasteiger partial charge in [-0.15, -0.1) is 0 Å². The molecule has 3 aliphatic heterocycles. The number of rotatable bonds is 10. The topological polar surface area (TPSA) is 22.9 Å². The van der Waals surface area contributed by atoms with E-state index in [1.54, 1.807) is 0 Å². The Labute approximate surface area is 505 Å². The van der Waals surface area contributed by atoms with Crippen LogP contribution in [0, 0.1) is 0 Å². The summed E-state index contributed by atoms with van der Waals surface area (Å²) < 4.78 is 7.30. The third-order valence-electron chi connectivity index (χ3n) is 22.1. The summed E-state index contributed by atoms with van der Waals surface area (Å²) in [4.78, 5) is 8.00. The smallest absolute Gasteiger partial charge is 0.333 e. The minimum atomic E-state index is -0.406. The van der Waals surface area contributed by atoms with E-state index in [0.717, 1.165) is 73.2 Å². The Morgan fingerprint density at radius 2 is 1.06 bits per heavy atom. The highest BCUT2D eigenvalue weighted by molar-refractivity contribution is 6.93. The van der Waals surface area contributed by atoms with E-state index in [4.69, 9.17) is 4.42 Å². The van der Waals surface area contributed by atoms with Crippen molar-refractivity contribution in [3.8, 4) is 22.3 Å². The molecule has 0 bridgehead atoms. The molecule has 4 nitrogen and oxygen atoms in total. The largest absolute Gasteiger partial charge is 0.456 e. The van der Waals surface area contributed by atoms with Crippen molar-refractivity contribution in [1.82, 2.24) is 0 Å². The molecule has 0 amide bonds. The van der Waals surface area contributed by atoms with Crippen LogP contribution in [0.5, 0.6) is 0 Å². The normalized spacial score (nSPS) is 19.0. The summed E-state index contributed by atoms with van der Waals surface area (Å²) in [5.74, 6) is 0. The Kier molecular flexibility index (Phi) is 11.4. The minimum Gasteiger partial charge on any atom is -0.456 e. The van der Waals surface area contributed by atoms with Crippen molar-refractivity contribution in [3.63, 3.8) is 0 Å². The molecule has 4 heterocycles. The summed E-state index contributed by atoms with van der Waals surface area (Å²) in [7, 11) is 0. The molecule has 0 N–H and O–H groups in total. The highest BCUT2D eigenvalue weighted by Gasteiger charge is 2.56. The fourth-order valence-electron chi connectivity index (χ4n) is 17.0. The Morgan fingerprint density at radius 1 is 0.447 bits per heavy atom. The molecule has 6 aliphatic rings. The number of aryl methyl sites for hydroxylation is 2. The number of hydrogen-bond donors (Lipinski definition) is 0. The maximum Gasteiger partial charge on any atom is 0.333 e. The van der Waals surface area contributed by atoms with Crippen LogP contribution in [0.4, 0.5) is 45.5 Å². The first kappa shape index (κ1) is 52.8. The highest BCUT2D eigenvalue weighted by Crippen LogP contribution is 2.65. The van der Waals surface area contributed by atoms with Crippen LogP contribution in [0.3, 0.4) is 0 Å². The highest BCUT2D eigenvalue weighted by atomic mass is 16.3. The lowest BCUT2D eigenvalue weighted by Crippen LogP contribution is -2.62. The number of furan rings is 1. The first-order chi connectivity index (χ1) is 40.9. The van der Waals surface area contributed by atoms with Crippen molar-refractivity contribution in [1.29, 1.82) is 0 Å². The summed E-state index contributed by atoms with van der Waals surface area (Å²) in [5, 5.41) is 2.41. The maximum atomic E-state index is 7.30. The van der Waals surface area contributed by atoms with Gasteiger partial charge < -0.3 is 19.0 Å². The zero-order chi connectivity index (χ0) is 58.3. The predicted octanol–water partition coefficient (Wildman–Crippen LogP) is 20.8. The fraction of sp³-hybridized carbons (Fsp3) is 0.325. The van der Waals surface area contributed by atoms with Crippen molar-refractivity contribution in [2.24, 2.45) is 0 Å².